The number of carbonyl (C=O) groups is 5. The number of nitrogens with one attached hydrogen (secondary N) is 3. The number of terminal acetylenes is 1. The Kier molecular flexibility index (Phi) is 19.7. The summed E-state index contributed by atoms with van der Waals surface area (Å²) in [7, 11) is -4.46. The number of ether oxygens (including phenoxy) is 6. The van der Waals surface area contributed by atoms with E-state index in [2.05, 4.69) is 36.0 Å². The zero-order valence-electron chi connectivity index (χ0n) is 40.7. The quantitative estimate of drug-likeness (QED) is 0.0119. The number of anilines is 3. The molecule has 11 N–H and O–H groups in total. The maximum Gasteiger partial charge on any atom is 0.335 e. The highest BCUT2D eigenvalue weighted by Gasteiger charge is 2.49. The molecule has 29 nitrogen and oxygen atoms in total. The van der Waals surface area contributed by atoms with Crippen LogP contribution in [0.15, 0.2) is 67.3 Å². The molecule has 0 radical (unpaired) electrons. The summed E-state index contributed by atoms with van der Waals surface area (Å²) in [6.07, 6.45) is -5.64. The number of aliphatic hydroxyl groups excluding tert-OH is 5. The molecule has 3 aliphatic rings. The molecule has 0 bridgehead atoms. The van der Waals surface area contributed by atoms with Gasteiger partial charge in [-0.2, -0.15) is 8.42 Å². The zero-order chi connectivity index (χ0) is 55.4. The summed E-state index contributed by atoms with van der Waals surface area (Å²) >= 11 is 0. The van der Waals surface area contributed by atoms with Crippen molar-refractivity contribution in [1.82, 2.24) is 24.8 Å². The molecule has 5 heterocycles. The summed E-state index contributed by atoms with van der Waals surface area (Å²) in [5, 5.41) is 76.7. The highest BCUT2D eigenvalue weighted by molar-refractivity contribution is 7.84. The highest BCUT2D eigenvalue weighted by atomic mass is 32.2. The SMILES string of the molecule is C#Cc1cccc(Nc2nc[n+](Cc3ccc(O[C@@H]4O[C@H](C(=O)O)[C@@H](O)[C@H](O)[C@H]4O)c(NC(=O)CCNC(=O)CCOCCOCCOCCN4C(=O)C=CC4=O)c3)c3c2ncn3[C@@H]2O[C@H](COS(N)(=O)=O)[C@@H](O)[C@H]2O)c1. The van der Waals surface area contributed by atoms with Gasteiger partial charge in [-0.25, -0.2) is 24.1 Å². The van der Waals surface area contributed by atoms with Crippen LogP contribution in [-0.2, 0) is 68.7 Å². The van der Waals surface area contributed by atoms with Crippen molar-refractivity contribution in [2.24, 2.45) is 5.14 Å². The average Bonchev–Trinajstić information content (AvgIpc) is 4.22. The number of imide groups is 1. The summed E-state index contributed by atoms with van der Waals surface area (Å²) < 4.78 is 64.0. The Morgan fingerprint density at radius 1 is 0.844 bits per heavy atom. The standard InChI is InChI=1S/C47H55N9O20S/c1-2-26-4-3-5-28(20-26)52-43-36-44(56(25-50-36)45-40(64)37(61)31(74-45)23-73-77(48,68)69)54(24-51-43)22-27-6-7-30(75-47-41(65)38(62)39(63)42(76-47)46(66)67)29(21-27)53-33(58)10-12-49-32(57)11-14-70-16-18-72-19-17-71-15-13-55-34(59)8-9-35(55)60/h1,3-9,20-21,24-25,31,37-42,45,47,61-65H,10-19,22-23H2,(H5,48,49,53,57,58,66,67,68,69)/p+1/t31-,37-,38+,39+,40-,41-,42+,45-,47-/m1/s1. The summed E-state index contributed by atoms with van der Waals surface area (Å²) in [6, 6.07) is 11.1. The second-order valence-electron chi connectivity index (χ2n) is 17.3. The molecule has 2 saturated heterocycles. The van der Waals surface area contributed by atoms with E-state index in [-0.39, 0.29) is 101 Å². The minimum Gasteiger partial charge on any atom is -0.479 e. The molecule has 4 aromatic rings. The summed E-state index contributed by atoms with van der Waals surface area (Å²) in [6.45, 7) is 0.144. The first-order valence-corrected chi connectivity index (χ1v) is 25.1. The van der Waals surface area contributed by atoms with Gasteiger partial charge in [-0.15, -0.1) is 6.42 Å². The third-order valence-corrected chi connectivity index (χ3v) is 12.3. The van der Waals surface area contributed by atoms with Gasteiger partial charge in [0.25, 0.3) is 17.5 Å². The summed E-state index contributed by atoms with van der Waals surface area (Å²) in [5.41, 5.74) is 1.84. The van der Waals surface area contributed by atoms with Crippen LogP contribution in [0.4, 0.5) is 17.2 Å². The van der Waals surface area contributed by atoms with E-state index in [1.54, 1.807) is 28.8 Å². The lowest BCUT2D eigenvalue weighted by Crippen LogP contribution is -2.61. The Morgan fingerprint density at radius 3 is 2.26 bits per heavy atom. The van der Waals surface area contributed by atoms with E-state index in [1.165, 1.54) is 47.6 Å². The van der Waals surface area contributed by atoms with Gasteiger partial charge in [0.15, 0.2) is 17.9 Å². The monoisotopic (exact) mass is 1100 g/mol. The number of amides is 4. The van der Waals surface area contributed by atoms with Gasteiger partial charge in [0, 0.05) is 42.8 Å². The molecular formula is C47H56N9O20S+. The Labute approximate surface area is 438 Å². The second-order valence-corrected chi connectivity index (χ2v) is 18.5. The van der Waals surface area contributed by atoms with Crippen LogP contribution in [0.5, 0.6) is 5.75 Å². The number of imidazole rings is 1. The van der Waals surface area contributed by atoms with Crippen molar-refractivity contribution in [2.45, 2.75) is 74.6 Å². The van der Waals surface area contributed by atoms with Crippen molar-refractivity contribution < 1.29 is 100 Å². The number of carboxylic acids is 1. The number of carboxylic acid groups (broad SMARTS) is 1. The van der Waals surface area contributed by atoms with Crippen LogP contribution in [0.1, 0.15) is 30.2 Å². The number of nitrogens with two attached hydrogens (primary N) is 1. The van der Waals surface area contributed by atoms with Crippen LogP contribution in [-0.4, -0.2) is 196 Å². The number of carbonyl (C=O) groups excluding carboxylic acids is 4. The number of aromatic nitrogens is 4. The van der Waals surface area contributed by atoms with E-state index in [1.807, 2.05) is 0 Å². The molecule has 0 saturated carbocycles. The van der Waals surface area contributed by atoms with E-state index >= 15 is 0 Å². The molecular weight excluding hydrogens is 1040 g/mol. The predicted octanol–water partition coefficient (Wildman–Crippen LogP) is -3.59. The second kappa shape index (κ2) is 26.3. The Hall–Kier alpha value is -7.09. The van der Waals surface area contributed by atoms with Crippen molar-refractivity contribution in [2.75, 3.05) is 70.0 Å². The average molecular weight is 1100 g/mol. The lowest BCUT2D eigenvalue weighted by atomic mass is 9.99. The highest BCUT2D eigenvalue weighted by Crippen LogP contribution is 2.34. The van der Waals surface area contributed by atoms with Crippen LogP contribution >= 0.6 is 0 Å². The molecule has 2 aromatic heterocycles. The molecule has 3 aliphatic heterocycles. The number of rotatable bonds is 27. The maximum atomic E-state index is 13.5. The number of benzene rings is 2. The smallest absolute Gasteiger partial charge is 0.335 e. The predicted molar refractivity (Wildman–Crippen MR) is 260 cm³/mol. The topological polar surface area (TPSA) is 405 Å². The minimum absolute atomic E-state index is 0.0357. The van der Waals surface area contributed by atoms with Crippen LogP contribution in [0.3, 0.4) is 0 Å². The summed E-state index contributed by atoms with van der Waals surface area (Å²) in [5.74, 6) is -0.991. The van der Waals surface area contributed by atoms with E-state index in [4.69, 9.17) is 40.0 Å². The van der Waals surface area contributed by atoms with E-state index in [0.29, 0.717) is 16.8 Å². The van der Waals surface area contributed by atoms with Gasteiger partial charge in [-0.05, 0) is 35.9 Å². The normalized spacial score (nSPS) is 23.3. The maximum absolute atomic E-state index is 13.5. The Balaban J connectivity index is 1.03. The minimum atomic E-state index is -4.46. The molecule has 0 unspecified atom stereocenters. The third-order valence-electron chi connectivity index (χ3n) is 11.9. The molecule has 77 heavy (non-hydrogen) atoms. The number of nitrogens with zero attached hydrogens (tertiary/aromatic N) is 5. The third kappa shape index (κ3) is 15.1. The van der Waals surface area contributed by atoms with Gasteiger partial charge in [0.1, 0.15) is 42.4 Å². The van der Waals surface area contributed by atoms with Crippen LogP contribution in [0, 0.1) is 12.3 Å². The fourth-order valence-corrected chi connectivity index (χ4v) is 8.33. The molecule has 7 rings (SSSR count). The summed E-state index contributed by atoms with van der Waals surface area (Å²) in [4.78, 5) is 71.3. The number of hydrogen-bond donors (Lipinski definition) is 10. The lowest BCUT2D eigenvalue weighted by molar-refractivity contribution is -0.668. The first-order valence-electron chi connectivity index (χ1n) is 23.6. The van der Waals surface area contributed by atoms with Crippen molar-refractivity contribution in [3.63, 3.8) is 0 Å². The Morgan fingerprint density at radius 2 is 1.56 bits per heavy atom. The van der Waals surface area contributed by atoms with Gasteiger partial charge in [-0.1, -0.05) is 23.0 Å². The van der Waals surface area contributed by atoms with Crippen LogP contribution in [0.2, 0.25) is 0 Å². The van der Waals surface area contributed by atoms with E-state index in [0.717, 1.165) is 4.90 Å². The van der Waals surface area contributed by atoms with Gasteiger partial charge in [-0.3, -0.25) is 28.3 Å². The molecule has 9 atom stereocenters. The fourth-order valence-electron chi connectivity index (χ4n) is 8.00. The first kappa shape index (κ1) is 57.6. The number of aliphatic carboxylic acids is 1. The lowest BCUT2D eigenvalue weighted by Gasteiger charge is -2.38. The number of aliphatic hydroxyl groups is 5. The molecule has 2 fully saturated rings. The molecule has 0 spiro atoms. The Bertz CT molecular complexity index is 2950. The molecule has 2 aromatic carbocycles. The zero-order valence-corrected chi connectivity index (χ0v) is 41.5. The van der Waals surface area contributed by atoms with Crippen LogP contribution < -0.4 is 30.4 Å². The molecule has 414 valence electrons. The van der Waals surface area contributed by atoms with E-state index in [9.17, 15) is 63.0 Å². The van der Waals surface area contributed by atoms with E-state index < -0.39 is 102 Å². The largest absolute Gasteiger partial charge is 0.479 e. The molecule has 4 amide bonds. The number of fused-ring (bicyclic) bond motifs is 1. The van der Waals surface area contributed by atoms with Crippen molar-refractivity contribution in [1.29, 1.82) is 0 Å². The van der Waals surface area contributed by atoms with Gasteiger partial charge < -0.3 is 75.0 Å². The fraction of sp³-hybridized carbons (Fsp3) is 0.447. The van der Waals surface area contributed by atoms with Gasteiger partial charge in [0.05, 0.1) is 65.0 Å². The number of hydrogen-bond acceptors (Lipinski definition) is 22. The van der Waals surface area contributed by atoms with Crippen molar-refractivity contribution >= 4 is 68.3 Å². The first-order chi connectivity index (χ1) is 36.8. The molecule has 30 heteroatoms. The van der Waals surface area contributed by atoms with Crippen LogP contribution in [0.25, 0.3) is 11.2 Å². The van der Waals surface area contributed by atoms with Crippen molar-refractivity contribution in [3.05, 3.63) is 78.4 Å². The van der Waals surface area contributed by atoms with Gasteiger partial charge >= 0.3 is 16.3 Å². The van der Waals surface area contributed by atoms with Gasteiger partial charge in [0.2, 0.25) is 36.5 Å². The van der Waals surface area contributed by atoms with Crippen molar-refractivity contribution in [3.8, 4) is 18.1 Å². The molecule has 0 aliphatic carbocycles.